The van der Waals surface area contributed by atoms with Crippen LogP contribution in [0.1, 0.15) is 46.0 Å². The van der Waals surface area contributed by atoms with E-state index in [1.165, 1.54) is 32.1 Å². The minimum Gasteiger partial charge on any atom is -0.377 e. The first kappa shape index (κ1) is 12.4. The molecular formula is C14H27NO. The van der Waals surface area contributed by atoms with Gasteiger partial charge in [0.2, 0.25) is 0 Å². The van der Waals surface area contributed by atoms with Crippen LogP contribution in [0.15, 0.2) is 0 Å². The molecule has 1 aliphatic carbocycles. The molecule has 2 fully saturated rings. The molecule has 0 aromatic heterocycles. The zero-order valence-corrected chi connectivity index (χ0v) is 11.1. The predicted octanol–water partition coefficient (Wildman–Crippen LogP) is 2.83. The lowest BCUT2D eigenvalue weighted by molar-refractivity contribution is -0.00239. The molecule has 1 aliphatic heterocycles. The van der Waals surface area contributed by atoms with Gasteiger partial charge in [-0.3, -0.25) is 0 Å². The molecule has 0 amide bonds. The van der Waals surface area contributed by atoms with E-state index in [4.69, 9.17) is 4.74 Å². The molecule has 0 bridgehead atoms. The number of nitrogens with one attached hydrogen (secondary N) is 1. The first-order valence-electron chi connectivity index (χ1n) is 7.04. The van der Waals surface area contributed by atoms with Gasteiger partial charge in [-0.1, -0.05) is 26.7 Å². The first-order chi connectivity index (χ1) is 7.78. The normalized spacial score (nSPS) is 34.9. The molecule has 2 heteroatoms. The minimum atomic E-state index is 0.430. The minimum absolute atomic E-state index is 0.430. The average molecular weight is 225 g/mol. The highest BCUT2D eigenvalue weighted by Crippen LogP contribution is 2.52. The van der Waals surface area contributed by atoms with Gasteiger partial charge in [-0.05, 0) is 38.1 Å². The topological polar surface area (TPSA) is 21.3 Å². The number of hydrogen-bond acceptors (Lipinski definition) is 2. The molecule has 0 aromatic rings. The van der Waals surface area contributed by atoms with E-state index in [0.29, 0.717) is 11.5 Å². The third-order valence-corrected chi connectivity index (χ3v) is 4.79. The summed E-state index contributed by atoms with van der Waals surface area (Å²) in [7, 11) is 2.09. The summed E-state index contributed by atoms with van der Waals surface area (Å²) >= 11 is 0. The van der Waals surface area contributed by atoms with E-state index in [2.05, 4.69) is 26.2 Å². The number of hydrogen-bond donors (Lipinski definition) is 1. The van der Waals surface area contributed by atoms with Gasteiger partial charge >= 0.3 is 0 Å². The molecule has 0 radical (unpaired) electrons. The number of rotatable bonds is 6. The van der Waals surface area contributed by atoms with Gasteiger partial charge in [-0.2, -0.15) is 0 Å². The van der Waals surface area contributed by atoms with Gasteiger partial charge in [0.1, 0.15) is 0 Å². The molecule has 0 spiro atoms. The van der Waals surface area contributed by atoms with Crippen LogP contribution in [0.4, 0.5) is 0 Å². The van der Waals surface area contributed by atoms with Crippen LogP contribution in [0.3, 0.4) is 0 Å². The van der Waals surface area contributed by atoms with Crippen LogP contribution in [0, 0.1) is 17.3 Å². The molecule has 1 N–H and O–H groups in total. The third kappa shape index (κ3) is 2.02. The molecule has 2 unspecified atom stereocenters. The Hall–Kier alpha value is -0.0800. The molecule has 2 aliphatic rings. The fourth-order valence-electron chi connectivity index (χ4n) is 3.89. The molecule has 2 rings (SSSR count). The Morgan fingerprint density at radius 3 is 2.50 bits per heavy atom. The fourth-order valence-corrected chi connectivity index (χ4v) is 3.89. The van der Waals surface area contributed by atoms with Crippen LogP contribution in [-0.4, -0.2) is 26.3 Å². The monoisotopic (exact) mass is 225 g/mol. The van der Waals surface area contributed by atoms with Crippen molar-refractivity contribution in [2.24, 2.45) is 17.3 Å². The Kier molecular flexibility index (Phi) is 3.91. The van der Waals surface area contributed by atoms with Crippen molar-refractivity contribution >= 4 is 0 Å². The van der Waals surface area contributed by atoms with Crippen LogP contribution in [0.2, 0.25) is 0 Å². The first-order valence-corrected chi connectivity index (χ1v) is 7.04. The van der Waals surface area contributed by atoms with Gasteiger partial charge in [0.25, 0.3) is 0 Å². The summed E-state index contributed by atoms with van der Waals surface area (Å²) in [5.74, 6) is 1.70. The van der Waals surface area contributed by atoms with Gasteiger partial charge in [0.15, 0.2) is 0 Å². The lowest BCUT2D eigenvalue weighted by Crippen LogP contribution is -2.46. The van der Waals surface area contributed by atoms with Crippen LogP contribution in [0.25, 0.3) is 0 Å². The largest absolute Gasteiger partial charge is 0.377 e. The van der Waals surface area contributed by atoms with Crippen molar-refractivity contribution in [3.05, 3.63) is 0 Å². The Morgan fingerprint density at radius 2 is 2.00 bits per heavy atom. The quantitative estimate of drug-likeness (QED) is 0.750. The molecule has 1 saturated heterocycles. The van der Waals surface area contributed by atoms with Crippen LogP contribution in [-0.2, 0) is 4.74 Å². The van der Waals surface area contributed by atoms with Crippen LogP contribution in [0.5, 0.6) is 0 Å². The van der Waals surface area contributed by atoms with E-state index in [9.17, 15) is 0 Å². The molecule has 2 atom stereocenters. The maximum atomic E-state index is 6.09. The summed E-state index contributed by atoms with van der Waals surface area (Å²) in [6.07, 6.45) is 7.20. The van der Waals surface area contributed by atoms with E-state index in [1.807, 2.05) is 0 Å². The zero-order valence-electron chi connectivity index (χ0n) is 11.1. The Bertz CT molecular complexity index is 223. The van der Waals surface area contributed by atoms with Crippen LogP contribution < -0.4 is 5.32 Å². The molecule has 0 aromatic carbocycles. The van der Waals surface area contributed by atoms with Crippen molar-refractivity contribution in [3.63, 3.8) is 0 Å². The maximum absolute atomic E-state index is 6.09. The predicted molar refractivity (Wildman–Crippen MR) is 67.5 cm³/mol. The maximum Gasteiger partial charge on any atom is 0.0675 e. The Labute approximate surface area is 100 Å². The van der Waals surface area contributed by atoms with E-state index < -0.39 is 0 Å². The summed E-state index contributed by atoms with van der Waals surface area (Å²) in [5.41, 5.74) is 0.430. The van der Waals surface area contributed by atoms with Crippen molar-refractivity contribution in [2.45, 2.75) is 52.1 Å². The van der Waals surface area contributed by atoms with Crippen molar-refractivity contribution < 1.29 is 4.74 Å². The third-order valence-electron chi connectivity index (χ3n) is 4.79. The van der Waals surface area contributed by atoms with E-state index in [0.717, 1.165) is 25.0 Å². The highest BCUT2D eigenvalue weighted by molar-refractivity contribution is 5.03. The van der Waals surface area contributed by atoms with Gasteiger partial charge < -0.3 is 10.1 Å². The summed E-state index contributed by atoms with van der Waals surface area (Å²) in [4.78, 5) is 0. The average Bonchev–Trinajstić information content (AvgIpc) is 3.04. The van der Waals surface area contributed by atoms with E-state index in [1.54, 1.807) is 0 Å². The summed E-state index contributed by atoms with van der Waals surface area (Å²) in [6, 6.07) is 0. The fraction of sp³-hybridized carbons (Fsp3) is 1.00. The van der Waals surface area contributed by atoms with Crippen molar-refractivity contribution in [1.29, 1.82) is 0 Å². The van der Waals surface area contributed by atoms with Gasteiger partial charge in [-0.15, -0.1) is 0 Å². The lowest BCUT2D eigenvalue weighted by atomic mass is 9.66. The number of ether oxygens (including phenoxy) is 1. The van der Waals surface area contributed by atoms with Crippen LogP contribution >= 0.6 is 0 Å². The second-order valence-electron chi connectivity index (χ2n) is 5.66. The molecule has 16 heavy (non-hydrogen) atoms. The summed E-state index contributed by atoms with van der Waals surface area (Å²) in [6.45, 7) is 6.81. The highest BCUT2D eigenvalue weighted by atomic mass is 16.5. The second-order valence-corrected chi connectivity index (χ2v) is 5.66. The van der Waals surface area contributed by atoms with Gasteiger partial charge in [-0.25, -0.2) is 0 Å². The van der Waals surface area contributed by atoms with E-state index >= 15 is 0 Å². The Balaban J connectivity index is 2.17. The molecule has 1 heterocycles. The summed E-state index contributed by atoms with van der Waals surface area (Å²) in [5, 5.41) is 3.43. The standard InChI is InChI=1S/C14H27NO/c1-4-12(5-2)14(10-15-3)8-9-16-13(14)11-6-7-11/h11-13,15H,4-10H2,1-3H3. The molecule has 94 valence electrons. The van der Waals surface area contributed by atoms with Gasteiger partial charge in [0.05, 0.1) is 6.10 Å². The highest BCUT2D eigenvalue weighted by Gasteiger charge is 2.53. The van der Waals surface area contributed by atoms with Crippen molar-refractivity contribution in [2.75, 3.05) is 20.2 Å². The molecule has 2 nitrogen and oxygen atoms in total. The molecular weight excluding hydrogens is 198 g/mol. The SMILES string of the molecule is CCC(CC)C1(CNC)CCOC1C1CC1. The Morgan fingerprint density at radius 1 is 1.31 bits per heavy atom. The molecule has 1 saturated carbocycles. The lowest BCUT2D eigenvalue weighted by Gasteiger charge is -2.41. The zero-order chi connectivity index (χ0) is 11.6. The van der Waals surface area contributed by atoms with Crippen molar-refractivity contribution in [1.82, 2.24) is 5.32 Å². The second kappa shape index (κ2) is 5.05. The smallest absolute Gasteiger partial charge is 0.0675 e. The van der Waals surface area contributed by atoms with Gasteiger partial charge in [0, 0.05) is 18.6 Å². The van der Waals surface area contributed by atoms with E-state index in [-0.39, 0.29) is 0 Å². The summed E-state index contributed by atoms with van der Waals surface area (Å²) < 4.78 is 6.09. The van der Waals surface area contributed by atoms with Crippen molar-refractivity contribution in [3.8, 4) is 0 Å².